The first-order valence-corrected chi connectivity index (χ1v) is 10.1. The van der Waals surface area contributed by atoms with E-state index in [1.807, 2.05) is 24.8 Å². The number of nitrogens with zero attached hydrogens (tertiary/aromatic N) is 3. The summed E-state index contributed by atoms with van der Waals surface area (Å²) < 4.78 is 4.95. The fraction of sp³-hybridized carbons (Fsp3) is 0.600. The average Bonchev–Trinajstić information content (AvgIpc) is 3.38. The molecule has 10 heteroatoms. The summed E-state index contributed by atoms with van der Waals surface area (Å²) in [7, 11) is 3.05. The van der Waals surface area contributed by atoms with Crippen molar-refractivity contribution in [1.82, 2.24) is 20.4 Å². The second-order valence-corrected chi connectivity index (χ2v) is 8.53. The molecule has 2 fully saturated rings. The van der Waals surface area contributed by atoms with Gasteiger partial charge in [0.15, 0.2) is 5.82 Å². The normalized spacial score (nSPS) is 24.3. The molecule has 164 valence electrons. The van der Waals surface area contributed by atoms with E-state index in [0.29, 0.717) is 18.1 Å². The van der Waals surface area contributed by atoms with E-state index in [1.54, 1.807) is 0 Å². The van der Waals surface area contributed by atoms with Crippen LogP contribution in [0.5, 0.6) is 0 Å². The molecule has 5 N–H and O–H groups in total. The van der Waals surface area contributed by atoms with Crippen LogP contribution in [0.15, 0.2) is 22.8 Å². The molecule has 0 spiro atoms. The van der Waals surface area contributed by atoms with E-state index in [-0.39, 0.29) is 35.8 Å². The summed E-state index contributed by atoms with van der Waals surface area (Å²) in [5, 5.41) is 13.0. The van der Waals surface area contributed by atoms with Crippen LogP contribution >= 0.6 is 0 Å². The van der Waals surface area contributed by atoms with Crippen molar-refractivity contribution >= 4 is 23.5 Å². The molecule has 3 amide bonds. The summed E-state index contributed by atoms with van der Waals surface area (Å²) in [6, 6.07) is 2.07. The summed E-state index contributed by atoms with van der Waals surface area (Å²) in [5.41, 5.74) is 7.15. The molecular weight excluding hydrogens is 386 g/mol. The average molecular weight is 418 g/mol. The van der Waals surface area contributed by atoms with Gasteiger partial charge >= 0.3 is 6.03 Å². The topological polar surface area (TPSA) is 138 Å². The molecule has 1 aliphatic carbocycles. The van der Waals surface area contributed by atoms with Crippen molar-refractivity contribution in [1.29, 1.82) is 0 Å². The lowest BCUT2D eigenvalue weighted by atomic mass is 10.0. The minimum Gasteiger partial charge on any atom is -0.400 e. The zero-order valence-electron chi connectivity index (χ0n) is 18.0. The fourth-order valence-corrected chi connectivity index (χ4v) is 4.12. The number of amides is 3. The third kappa shape index (κ3) is 4.99. The van der Waals surface area contributed by atoms with Crippen molar-refractivity contribution in [3.05, 3.63) is 23.5 Å². The number of hydrogen-bond donors (Lipinski definition) is 4. The van der Waals surface area contributed by atoms with Gasteiger partial charge in [-0.15, -0.1) is 0 Å². The number of H-pyrrole nitrogens is 1. The zero-order valence-corrected chi connectivity index (χ0v) is 18.0. The molecule has 1 saturated heterocycles. The lowest BCUT2D eigenvalue weighted by molar-refractivity contribution is -0.110. The largest absolute Gasteiger partial charge is 0.400 e. The van der Waals surface area contributed by atoms with Crippen LogP contribution in [0, 0.1) is 0 Å². The molecule has 1 aromatic heterocycles. The summed E-state index contributed by atoms with van der Waals surface area (Å²) in [6.07, 6.45) is 4.26. The molecule has 2 atom stereocenters. The summed E-state index contributed by atoms with van der Waals surface area (Å²) in [4.78, 5) is 30.6. The Morgan fingerprint density at radius 1 is 1.50 bits per heavy atom. The van der Waals surface area contributed by atoms with E-state index in [1.165, 1.54) is 20.2 Å². The molecule has 0 bridgehead atoms. The Hall–Kier alpha value is -2.88. The highest BCUT2D eigenvalue weighted by molar-refractivity contribution is 6.47. The van der Waals surface area contributed by atoms with Crippen molar-refractivity contribution in [2.45, 2.75) is 50.6 Å². The Bertz CT molecular complexity index is 858. The molecular formula is C20H31N7O3. The Balaban J connectivity index is 1.60. The number of nitrogens with one attached hydrogen (secondary N) is 3. The minimum atomic E-state index is -0.394. The molecule has 2 aliphatic rings. The number of urea groups is 1. The van der Waals surface area contributed by atoms with E-state index in [2.05, 4.69) is 25.8 Å². The third-order valence-electron chi connectivity index (χ3n) is 5.50. The van der Waals surface area contributed by atoms with Crippen LogP contribution in [0.2, 0.25) is 0 Å². The first-order valence-electron chi connectivity index (χ1n) is 10.1. The van der Waals surface area contributed by atoms with E-state index in [4.69, 9.17) is 10.5 Å². The number of aromatic nitrogens is 2. The molecule has 1 aromatic rings. The molecule has 0 radical (unpaired) electrons. The smallest absolute Gasteiger partial charge is 0.318 e. The van der Waals surface area contributed by atoms with Crippen molar-refractivity contribution < 1.29 is 14.3 Å². The number of methoxy groups -OCH3 is 1. The first kappa shape index (κ1) is 21.8. The van der Waals surface area contributed by atoms with Gasteiger partial charge in [0.1, 0.15) is 5.71 Å². The second kappa shape index (κ2) is 8.86. The Kier molecular flexibility index (Phi) is 6.45. The van der Waals surface area contributed by atoms with Gasteiger partial charge in [0, 0.05) is 50.1 Å². The van der Waals surface area contributed by atoms with Gasteiger partial charge in [-0.1, -0.05) is 0 Å². The highest BCUT2D eigenvalue weighted by Gasteiger charge is 2.41. The van der Waals surface area contributed by atoms with Gasteiger partial charge in [0.05, 0.1) is 12.1 Å². The molecule has 10 nitrogen and oxygen atoms in total. The van der Waals surface area contributed by atoms with Crippen molar-refractivity contribution in [2.24, 2.45) is 10.7 Å². The quantitative estimate of drug-likeness (QED) is 0.496. The first-order chi connectivity index (χ1) is 14.2. The monoisotopic (exact) mass is 417 g/mol. The second-order valence-electron chi connectivity index (χ2n) is 8.53. The van der Waals surface area contributed by atoms with Gasteiger partial charge in [0.2, 0.25) is 0 Å². The fourth-order valence-electron chi connectivity index (χ4n) is 4.12. The van der Waals surface area contributed by atoms with Crippen molar-refractivity contribution in [2.75, 3.05) is 32.6 Å². The van der Waals surface area contributed by atoms with E-state index < -0.39 is 5.91 Å². The Morgan fingerprint density at radius 2 is 2.27 bits per heavy atom. The Labute approximate surface area is 176 Å². The zero-order chi connectivity index (χ0) is 21.9. The number of rotatable bonds is 7. The highest BCUT2D eigenvalue weighted by Crippen LogP contribution is 2.38. The van der Waals surface area contributed by atoms with Crippen LogP contribution in [-0.4, -0.2) is 71.6 Å². The van der Waals surface area contributed by atoms with Crippen LogP contribution in [0.25, 0.3) is 0 Å². The number of nitrogens with two attached hydrogens (primary N) is 1. The van der Waals surface area contributed by atoms with E-state index in [0.717, 1.165) is 25.0 Å². The molecule has 3 rings (SSSR count). The maximum absolute atomic E-state index is 12.4. The number of carbonyl (C=O) groups excluding carboxylic acids is 2. The summed E-state index contributed by atoms with van der Waals surface area (Å²) >= 11 is 0. The van der Waals surface area contributed by atoms with Crippen LogP contribution < -0.4 is 16.4 Å². The standard InChI is InChI=1S/C20H31N7O3/c1-20(2)11-27(19(29)24-20)14-6-5-12(7-14)15-9-17(26-25-15)23-18(28)16(22-3)8-13(21)10-30-4/h8-9,12,14H,5-7,10-11,21H2,1-4H3,(H,24,29)(H2,23,25,26,28)/t12-,14+/m1/s1. The molecule has 0 aromatic carbocycles. The molecule has 2 heterocycles. The van der Waals surface area contributed by atoms with Crippen LogP contribution in [0.1, 0.15) is 44.7 Å². The number of ether oxygens (including phenoxy) is 1. The molecule has 1 saturated carbocycles. The lowest BCUT2D eigenvalue weighted by Gasteiger charge is -2.24. The van der Waals surface area contributed by atoms with Gasteiger partial charge in [-0.05, 0) is 39.2 Å². The van der Waals surface area contributed by atoms with Crippen LogP contribution in [0.4, 0.5) is 10.6 Å². The third-order valence-corrected chi connectivity index (χ3v) is 5.50. The maximum Gasteiger partial charge on any atom is 0.318 e. The summed E-state index contributed by atoms with van der Waals surface area (Å²) in [5.74, 6) is 0.300. The molecule has 0 unspecified atom stereocenters. The van der Waals surface area contributed by atoms with Crippen molar-refractivity contribution in [3.63, 3.8) is 0 Å². The highest BCUT2D eigenvalue weighted by atomic mass is 16.5. The number of aromatic amines is 1. The number of anilines is 1. The Morgan fingerprint density at radius 3 is 2.90 bits per heavy atom. The van der Waals surface area contributed by atoms with Gasteiger partial charge in [-0.25, -0.2) is 4.79 Å². The van der Waals surface area contributed by atoms with E-state index >= 15 is 0 Å². The van der Waals surface area contributed by atoms with Gasteiger partial charge < -0.3 is 26.0 Å². The van der Waals surface area contributed by atoms with Crippen molar-refractivity contribution in [3.8, 4) is 0 Å². The minimum absolute atomic E-state index is 0.00963. The van der Waals surface area contributed by atoms with Gasteiger partial charge in [-0.2, -0.15) is 5.10 Å². The van der Waals surface area contributed by atoms with Gasteiger partial charge in [-0.3, -0.25) is 14.9 Å². The van der Waals surface area contributed by atoms with Crippen LogP contribution in [-0.2, 0) is 9.53 Å². The summed E-state index contributed by atoms with van der Waals surface area (Å²) in [6.45, 7) is 5.00. The SMILES string of the molecule is CN=C(C=C(N)COC)C(=O)Nc1cc([C@@H]2CC[C@H](N3CC(C)(C)NC3=O)C2)[nH]n1. The maximum atomic E-state index is 12.4. The lowest BCUT2D eigenvalue weighted by Crippen LogP contribution is -2.36. The van der Waals surface area contributed by atoms with E-state index in [9.17, 15) is 9.59 Å². The van der Waals surface area contributed by atoms with Crippen LogP contribution in [0.3, 0.4) is 0 Å². The number of carbonyl (C=O) groups is 2. The molecule has 30 heavy (non-hydrogen) atoms. The van der Waals surface area contributed by atoms with Gasteiger partial charge in [0.25, 0.3) is 5.91 Å². The number of hydrogen-bond acceptors (Lipinski definition) is 6. The number of aliphatic imine (C=N–C) groups is 1. The molecule has 1 aliphatic heterocycles. The predicted molar refractivity (Wildman–Crippen MR) is 114 cm³/mol. The predicted octanol–water partition coefficient (Wildman–Crippen LogP) is 1.35.